The summed E-state index contributed by atoms with van der Waals surface area (Å²) in [5.41, 5.74) is 2.34. The molecule has 0 spiro atoms. The quantitative estimate of drug-likeness (QED) is 0.724. The Morgan fingerprint density at radius 2 is 1.67 bits per heavy atom. The number of carbonyl (C=O) groups excluding carboxylic acids is 2. The zero-order valence-corrected chi connectivity index (χ0v) is 13.7. The molecule has 0 aliphatic rings. The van der Waals surface area contributed by atoms with E-state index in [1.54, 1.807) is 24.3 Å². The van der Waals surface area contributed by atoms with Gasteiger partial charge in [0.15, 0.2) is 0 Å². The number of amides is 2. The molecule has 2 aromatic carbocycles. The molecule has 5 heteroatoms. The van der Waals surface area contributed by atoms with Crippen molar-refractivity contribution in [3.05, 3.63) is 71.3 Å². The van der Waals surface area contributed by atoms with Crippen LogP contribution < -0.4 is 10.6 Å². The van der Waals surface area contributed by atoms with Crippen molar-refractivity contribution in [2.45, 2.75) is 26.0 Å². The molecule has 1 atom stereocenters. The van der Waals surface area contributed by atoms with Crippen molar-refractivity contribution in [2.75, 3.05) is 6.54 Å². The van der Waals surface area contributed by atoms with Gasteiger partial charge in [0, 0.05) is 11.6 Å². The second-order valence-corrected chi connectivity index (χ2v) is 5.70. The van der Waals surface area contributed by atoms with E-state index in [2.05, 4.69) is 10.6 Å². The first-order chi connectivity index (χ1) is 11.6. The van der Waals surface area contributed by atoms with Gasteiger partial charge in [0.05, 0.1) is 13.2 Å². The first kappa shape index (κ1) is 17.7. The molecule has 126 valence electrons. The van der Waals surface area contributed by atoms with Crippen LogP contribution in [0.5, 0.6) is 0 Å². The molecule has 3 N–H and O–H groups in total. The molecular weight excluding hydrogens is 304 g/mol. The maximum Gasteiger partial charge on any atom is 0.251 e. The predicted molar refractivity (Wildman–Crippen MR) is 92.4 cm³/mol. The van der Waals surface area contributed by atoms with Crippen LogP contribution in [-0.4, -0.2) is 29.5 Å². The summed E-state index contributed by atoms with van der Waals surface area (Å²) in [7, 11) is 0. The standard InChI is InChI=1S/C19H22N2O3/c1-14(11-15-5-3-2-4-6-15)21-18(23)12-20-19(24)17-9-7-16(13-22)8-10-17/h2-10,14,22H,11-13H2,1H3,(H,20,24)(H,21,23). The monoisotopic (exact) mass is 326 g/mol. The number of nitrogens with one attached hydrogen (secondary N) is 2. The van der Waals surface area contributed by atoms with E-state index in [0.717, 1.165) is 17.5 Å². The second kappa shape index (κ2) is 8.84. The van der Waals surface area contributed by atoms with Crippen molar-refractivity contribution in [3.8, 4) is 0 Å². The number of hydrogen-bond acceptors (Lipinski definition) is 3. The van der Waals surface area contributed by atoms with Crippen LogP contribution in [0.1, 0.15) is 28.4 Å². The van der Waals surface area contributed by atoms with Crippen LogP contribution in [0.2, 0.25) is 0 Å². The van der Waals surface area contributed by atoms with Crippen molar-refractivity contribution < 1.29 is 14.7 Å². The summed E-state index contributed by atoms with van der Waals surface area (Å²) in [5.74, 6) is -0.538. The fourth-order valence-corrected chi connectivity index (χ4v) is 2.37. The molecule has 0 fully saturated rings. The summed E-state index contributed by atoms with van der Waals surface area (Å²) in [5, 5.41) is 14.4. The molecular formula is C19H22N2O3. The Morgan fingerprint density at radius 3 is 2.29 bits per heavy atom. The molecule has 24 heavy (non-hydrogen) atoms. The zero-order valence-electron chi connectivity index (χ0n) is 13.7. The molecule has 0 heterocycles. The smallest absolute Gasteiger partial charge is 0.251 e. The van der Waals surface area contributed by atoms with Gasteiger partial charge >= 0.3 is 0 Å². The Morgan fingerprint density at radius 1 is 1.00 bits per heavy atom. The molecule has 0 aliphatic heterocycles. The highest BCUT2D eigenvalue weighted by atomic mass is 16.3. The molecule has 0 aromatic heterocycles. The van der Waals surface area contributed by atoms with Crippen LogP contribution in [0.25, 0.3) is 0 Å². The van der Waals surface area contributed by atoms with E-state index in [0.29, 0.717) is 5.56 Å². The van der Waals surface area contributed by atoms with Crippen LogP contribution in [0.3, 0.4) is 0 Å². The summed E-state index contributed by atoms with van der Waals surface area (Å²) in [6, 6.07) is 16.5. The molecule has 0 bridgehead atoms. The van der Waals surface area contributed by atoms with Gasteiger partial charge in [-0.05, 0) is 36.6 Å². The van der Waals surface area contributed by atoms with Crippen LogP contribution in [0.15, 0.2) is 54.6 Å². The van der Waals surface area contributed by atoms with E-state index in [1.165, 1.54) is 0 Å². The first-order valence-corrected chi connectivity index (χ1v) is 7.90. The lowest BCUT2D eigenvalue weighted by Gasteiger charge is -2.14. The van der Waals surface area contributed by atoms with Gasteiger partial charge in [-0.2, -0.15) is 0 Å². The second-order valence-electron chi connectivity index (χ2n) is 5.70. The average molecular weight is 326 g/mol. The van der Waals surface area contributed by atoms with Crippen LogP contribution in [0, 0.1) is 0 Å². The minimum atomic E-state index is -0.314. The number of aliphatic hydroxyl groups is 1. The third-order valence-electron chi connectivity index (χ3n) is 3.60. The summed E-state index contributed by atoms with van der Waals surface area (Å²) in [4.78, 5) is 23.9. The lowest BCUT2D eigenvalue weighted by Crippen LogP contribution is -2.41. The van der Waals surface area contributed by atoms with E-state index >= 15 is 0 Å². The lowest BCUT2D eigenvalue weighted by atomic mass is 10.1. The molecule has 0 saturated heterocycles. The predicted octanol–water partition coefficient (Wildman–Crippen LogP) is 1.66. The van der Waals surface area contributed by atoms with Crippen LogP contribution in [-0.2, 0) is 17.8 Å². The Hall–Kier alpha value is -2.66. The molecule has 0 saturated carbocycles. The molecule has 2 rings (SSSR count). The summed E-state index contributed by atoms with van der Waals surface area (Å²) < 4.78 is 0. The highest BCUT2D eigenvalue weighted by molar-refractivity contribution is 5.96. The fraction of sp³-hybridized carbons (Fsp3) is 0.263. The third-order valence-corrected chi connectivity index (χ3v) is 3.60. The van der Waals surface area contributed by atoms with E-state index in [-0.39, 0.29) is 31.0 Å². The molecule has 0 radical (unpaired) electrons. The van der Waals surface area contributed by atoms with Crippen molar-refractivity contribution >= 4 is 11.8 Å². The fourth-order valence-electron chi connectivity index (χ4n) is 2.37. The number of rotatable bonds is 7. The van der Waals surface area contributed by atoms with Crippen molar-refractivity contribution in [1.82, 2.24) is 10.6 Å². The van der Waals surface area contributed by atoms with Gasteiger partial charge in [0.1, 0.15) is 0 Å². The Labute approximate surface area is 141 Å². The first-order valence-electron chi connectivity index (χ1n) is 7.90. The number of benzene rings is 2. The largest absolute Gasteiger partial charge is 0.392 e. The molecule has 0 aliphatic carbocycles. The number of carbonyl (C=O) groups is 2. The normalized spacial score (nSPS) is 11.6. The summed E-state index contributed by atoms with van der Waals surface area (Å²) >= 11 is 0. The summed E-state index contributed by atoms with van der Waals surface area (Å²) in [6.45, 7) is 1.80. The van der Waals surface area contributed by atoms with Gasteiger partial charge < -0.3 is 15.7 Å². The Kier molecular flexibility index (Phi) is 6.51. The van der Waals surface area contributed by atoms with Gasteiger partial charge in [-0.3, -0.25) is 9.59 Å². The maximum absolute atomic E-state index is 12.0. The van der Waals surface area contributed by atoms with E-state index in [9.17, 15) is 9.59 Å². The number of hydrogen-bond donors (Lipinski definition) is 3. The molecule has 2 aromatic rings. The highest BCUT2D eigenvalue weighted by Crippen LogP contribution is 2.04. The van der Waals surface area contributed by atoms with Gasteiger partial charge in [0.2, 0.25) is 5.91 Å². The molecule has 2 amide bonds. The van der Waals surface area contributed by atoms with Gasteiger partial charge in [-0.25, -0.2) is 0 Å². The lowest BCUT2D eigenvalue weighted by molar-refractivity contribution is -0.120. The SMILES string of the molecule is CC(Cc1ccccc1)NC(=O)CNC(=O)c1ccc(CO)cc1. The van der Waals surface area contributed by atoms with Crippen LogP contribution in [0.4, 0.5) is 0 Å². The third kappa shape index (κ3) is 5.52. The van der Waals surface area contributed by atoms with E-state index in [1.807, 2.05) is 37.3 Å². The minimum Gasteiger partial charge on any atom is -0.392 e. The molecule has 5 nitrogen and oxygen atoms in total. The topological polar surface area (TPSA) is 78.4 Å². The Bertz CT molecular complexity index is 669. The highest BCUT2D eigenvalue weighted by Gasteiger charge is 2.11. The van der Waals surface area contributed by atoms with Gasteiger partial charge in [-0.1, -0.05) is 42.5 Å². The maximum atomic E-state index is 12.0. The van der Waals surface area contributed by atoms with Crippen molar-refractivity contribution in [3.63, 3.8) is 0 Å². The van der Waals surface area contributed by atoms with Gasteiger partial charge in [0.25, 0.3) is 5.91 Å². The zero-order chi connectivity index (χ0) is 17.4. The van der Waals surface area contributed by atoms with Crippen molar-refractivity contribution in [1.29, 1.82) is 0 Å². The average Bonchev–Trinajstić information content (AvgIpc) is 2.60. The Balaban J connectivity index is 1.76. The van der Waals surface area contributed by atoms with E-state index < -0.39 is 0 Å². The minimum absolute atomic E-state index is 0.0133. The van der Waals surface area contributed by atoms with Gasteiger partial charge in [-0.15, -0.1) is 0 Å². The summed E-state index contributed by atoms with van der Waals surface area (Å²) in [6.07, 6.45) is 0.739. The molecule has 1 unspecified atom stereocenters. The number of aliphatic hydroxyl groups excluding tert-OH is 1. The van der Waals surface area contributed by atoms with E-state index in [4.69, 9.17) is 5.11 Å². The van der Waals surface area contributed by atoms with Crippen molar-refractivity contribution in [2.24, 2.45) is 0 Å². The van der Waals surface area contributed by atoms with Crippen LogP contribution >= 0.6 is 0 Å².